The predicted octanol–water partition coefficient (Wildman–Crippen LogP) is 3.15. The number of rotatable bonds is 2. The molecule has 2 heterocycles. The molecule has 4 rings (SSSR count). The molecule has 0 aliphatic heterocycles. The molecule has 2 aromatic carbocycles. The summed E-state index contributed by atoms with van der Waals surface area (Å²) in [6, 6.07) is 18.9. The van der Waals surface area contributed by atoms with Crippen LogP contribution in [0.4, 0.5) is 0 Å². The van der Waals surface area contributed by atoms with Crippen LogP contribution in [0.5, 0.6) is 0 Å². The second-order valence-corrected chi connectivity index (χ2v) is 5.89. The fraction of sp³-hybridized carbons (Fsp3) is 0.100. The van der Waals surface area contributed by atoms with Crippen molar-refractivity contribution in [3.63, 3.8) is 0 Å². The normalized spacial score (nSPS) is 11.2. The van der Waals surface area contributed by atoms with Crippen molar-refractivity contribution >= 4 is 0 Å². The summed E-state index contributed by atoms with van der Waals surface area (Å²) in [5, 5.41) is 0. The molecule has 0 aliphatic rings. The highest BCUT2D eigenvalue weighted by atomic mass is 16.2. The molecule has 0 bridgehead atoms. The van der Waals surface area contributed by atoms with Crippen LogP contribution < -0.4 is 11.1 Å². The number of aromatic nitrogens is 2. The lowest BCUT2D eigenvalue weighted by molar-refractivity contribution is 0.768. The monoisotopic (exact) mass is 316 g/mol. The van der Waals surface area contributed by atoms with Crippen LogP contribution in [0.1, 0.15) is 11.4 Å². The lowest BCUT2D eigenvalue weighted by Crippen LogP contribution is -2.23. The van der Waals surface area contributed by atoms with Crippen LogP contribution in [0.25, 0.3) is 22.3 Å². The van der Waals surface area contributed by atoms with E-state index in [4.69, 9.17) is 0 Å². The van der Waals surface area contributed by atoms with E-state index < -0.39 is 0 Å². The molecule has 4 heteroatoms. The molecule has 0 atom stereocenters. The van der Waals surface area contributed by atoms with Gasteiger partial charge in [0.25, 0.3) is 11.1 Å². The van der Waals surface area contributed by atoms with Gasteiger partial charge in [-0.3, -0.25) is 14.1 Å². The standard InChI is InChI=1S/C20H16N2O2/c1-13-17(15-9-5-3-6-10-15)19(23)22-20(24)18(14(2)21(13)22)16-11-7-4-8-12-16/h3-12H,1-2H3. The lowest BCUT2D eigenvalue weighted by Gasteiger charge is -2.02. The Morgan fingerprint density at radius 1 is 0.583 bits per heavy atom. The maximum atomic E-state index is 12.9. The highest BCUT2D eigenvalue weighted by molar-refractivity contribution is 5.69. The molecule has 0 amide bonds. The average Bonchev–Trinajstić information content (AvgIpc) is 3.02. The molecule has 0 N–H and O–H groups in total. The Morgan fingerprint density at radius 3 is 1.29 bits per heavy atom. The van der Waals surface area contributed by atoms with Crippen LogP contribution in [-0.4, -0.2) is 9.03 Å². The third-order valence-corrected chi connectivity index (χ3v) is 4.50. The molecular weight excluding hydrogens is 300 g/mol. The zero-order valence-electron chi connectivity index (χ0n) is 13.5. The Hall–Kier alpha value is -3.14. The quantitative estimate of drug-likeness (QED) is 0.570. The van der Waals surface area contributed by atoms with Crippen LogP contribution in [0.15, 0.2) is 70.3 Å². The van der Waals surface area contributed by atoms with Crippen molar-refractivity contribution in [3.05, 3.63) is 92.8 Å². The van der Waals surface area contributed by atoms with Crippen molar-refractivity contribution in [2.45, 2.75) is 13.8 Å². The largest absolute Gasteiger partial charge is 0.282 e. The van der Waals surface area contributed by atoms with E-state index in [9.17, 15) is 9.59 Å². The molecule has 4 aromatic rings. The number of benzene rings is 2. The van der Waals surface area contributed by atoms with Gasteiger partial charge in [0.1, 0.15) is 0 Å². The summed E-state index contributed by atoms with van der Waals surface area (Å²) in [7, 11) is 0. The Kier molecular flexibility index (Phi) is 3.13. The fourth-order valence-corrected chi connectivity index (χ4v) is 3.43. The molecule has 2 aromatic heterocycles. The van der Waals surface area contributed by atoms with Gasteiger partial charge in [-0.2, -0.15) is 4.52 Å². The van der Waals surface area contributed by atoms with Crippen molar-refractivity contribution in [1.29, 1.82) is 0 Å². The SMILES string of the molecule is Cc1c(-c2ccccc2)c(=O)n2c(=O)c(-c3ccccc3)c(C)n12. The third-order valence-electron chi connectivity index (χ3n) is 4.50. The van der Waals surface area contributed by atoms with Gasteiger partial charge < -0.3 is 0 Å². The molecular formula is C20H16N2O2. The van der Waals surface area contributed by atoms with Crippen LogP contribution in [0.2, 0.25) is 0 Å². The predicted molar refractivity (Wildman–Crippen MR) is 94.9 cm³/mol. The van der Waals surface area contributed by atoms with Crippen molar-refractivity contribution in [1.82, 2.24) is 9.03 Å². The van der Waals surface area contributed by atoms with E-state index in [1.807, 2.05) is 74.5 Å². The summed E-state index contributed by atoms with van der Waals surface area (Å²) in [5.74, 6) is 0. The first-order chi connectivity index (χ1) is 11.6. The molecule has 0 saturated heterocycles. The van der Waals surface area contributed by atoms with E-state index >= 15 is 0 Å². The smallest absolute Gasteiger partial charge is 0.267 e. The number of hydrogen-bond donors (Lipinski definition) is 0. The first-order valence-corrected chi connectivity index (χ1v) is 7.82. The van der Waals surface area contributed by atoms with E-state index in [0.29, 0.717) is 11.1 Å². The van der Waals surface area contributed by atoms with Crippen molar-refractivity contribution < 1.29 is 0 Å². The molecule has 0 aliphatic carbocycles. The van der Waals surface area contributed by atoms with Crippen LogP contribution in [-0.2, 0) is 0 Å². The van der Waals surface area contributed by atoms with E-state index in [1.165, 1.54) is 4.52 Å². The zero-order chi connectivity index (χ0) is 16.8. The summed E-state index contributed by atoms with van der Waals surface area (Å²) >= 11 is 0. The van der Waals surface area contributed by atoms with E-state index in [-0.39, 0.29) is 11.1 Å². The topological polar surface area (TPSA) is 43.0 Å². The minimum Gasteiger partial charge on any atom is -0.267 e. The third kappa shape index (κ3) is 1.86. The highest BCUT2D eigenvalue weighted by Crippen LogP contribution is 2.24. The van der Waals surface area contributed by atoms with Gasteiger partial charge in [-0.15, -0.1) is 0 Å². The van der Waals surface area contributed by atoms with Crippen molar-refractivity contribution in [3.8, 4) is 22.3 Å². The fourth-order valence-electron chi connectivity index (χ4n) is 3.43. The lowest BCUT2D eigenvalue weighted by atomic mass is 10.1. The molecule has 24 heavy (non-hydrogen) atoms. The molecule has 118 valence electrons. The Balaban J connectivity index is 2.10. The molecule has 0 unspecified atom stereocenters. The van der Waals surface area contributed by atoms with Gasteiger partial charge in [-0.1, -0.05) is 60.7 Å². The summed E-state index contributed by atoms with van der Waals surface area (Å²) < 4.78 is 2.98. The van der Waals surface area contributed by atoms with E-state index in [1.54, 1.807) is 4.52 Å². The van der Waals surface area contributed by atoms with E-state index in [2.05, 4.69) is 0 Å². The summed E-state index contributed by atoms with van der Waals surface area (Å²) in [4.78, 5) is 25.8. The second kappa shape index (κ2) is 5.20. The maximum absolute atomic E-state index is 12.9. The Bertz CT molecular complexity index is 1050. The average molecular weight is 316 g/mol. The summed E-state index contributed by atoms with van der Waals surface area (Å²) in [5.41, 5.74) is 3.84. The highest BCUT2D eigenvalue weighted by Gasteiger charge is 2.23. The van der Waals surface area contributed by atoms with Crippen LogP contribution >= 0.6 is 0 Å². The molecule has 0 spiro atoms. The van der Waals surface area contributed by atoms with Gasteiger partial charge in [0.05, 0.1) is 22.5 Å². The minimum absolute atomic E-state index is 0.269. The van der Waals surface area contributed by atoms with E-state index in [0.717, 1.165) is 22.5 Å². The number of aryl methyl sites for hydroxylation is 2. The first-order valence-electron chi connectivity index (χ1n) is 7.82. The Labute approximate surface area is 138 Å². The number of fused-ring (bicyclic) bond motifs is 1. The van der Waals surface area contributed by atoms with Gasteiger partial charge in [0.2, 0.25) is 0 Å². The van der Waals surface area contributed by atoms with Crippen molar-refractivity contribution in [2.75, 3.05) is 0 Å². The Morgan fingerprint density at radius 2 is 0.958 bits per heavy atom. The van der Waals surface area contributed by atoms with Gasteiger partial charge in [0.15, 0.2) is 0 Å². The molecule has 0 radical (unpaired) electrons. The number of hydrogen-bond acceptors (Lipinski definition) is 2. The van der Waals surface area contributed by atoms with Crippen LogP contribution in [0.3, 0.4) is 0 Å². The van der Waals surface area contributed by atoms with Gasteiger partial charge >= 0.3 is 0 Å². The molecule has 4 nitrogen and oxygen atoms in total. The van der Waals surface area contributed by atoms with Crippen LogP contribution in [0, 0.1) is 13.8 Å². The van der Waals surface area contributed by atoms with Gasteiger partial charge in [0, 0.05) is 0 Å². The van der Waals surface area contributed by atoms with Crippen molar-refractivity contribution in [2.24, 2.45) is 0 Å². The second-order valence-electron chi connectivity index (χ2n) is 5.89. The maximum Gasteiger partial charge on any atom is 0.282 e. The summed E-state index contributed by atoms with van der Waals surface area (Å²) in [6.45, 7) is 3.76. The minimum atomic E-state index is -0.269. The first kappa shape index (κ1) is 14.5. The molecule has 0 saturated carbocycles. The van der Waals surface area contributed by atoms with Gasteiger partial charge in [-0.25, -0.2) is 0 Å². The number of nitrogens with zero attached hydrogens (tertiary/aromatic N) is 2. The van der Waals surface area contributed by atoms with Gasteiger partial charge in [-0.05, 0) is 25.0 Å². The zero-order valence-corrected chi connectivity index (χ0v) is 13.5. The molecule has 0 fully saturated rings. The summed E-state index contributed by atoms with van der Waals surface area (Å²) in [6.07, 6.45) is 0.